The number of hydrogen-bond acceptors (Lipinski definition) is 8. The Labute approximate surface area is 116 Å². The lowest BCUT2D eigenvalue weighted by Gasteiger charge is -1.94. The number of carbonyl (C=O) groups excluding carboxylic acids is 1. The van der Waals surface area contributed by atoms with Crippen LogP contribution in [-0.4, -0.2) is 26.2 Å². The van der Waals surface area contributed by atoms with Gasteiger partial charge in [0.25, 0.3) is 11.8 Å². The van der Waals surface area contributed by atoms with Crippen LogP contribution in [0.3, 0.4) is 0 Å². The van der Waals surface area contributed by atoms with Gasteiger partial charge in [0.2, 0.25) is 0 Å². The van der Waals surface area contributed by atoms with Gasteiger partial charge in [0.15, 0.2) is 5.69 Å². The Balaban J connectivity index is 1.76. The number of nitrogens with zero attached hydrogens (tertiary/aromatic N) is 4. The second-order valence-electron chi connectivity index (χ2n) is 3.94. The van der Waals surface area contributed by atoms with E-state index in [2.05, 4.69) is 25.7 Å². The van der Waals surface area contributed by atoms with E-state index in [9.17, 15) is 4.79 Å². The van der Waals surface area contributed by atoms with E-state index in [1.165, 1.54) is 17.4 Å². The summed E-state index contributed by atoms with van der Waals surface area (Å²) in [6.45, 7) is 3.57. The molecule has 3 rings (SSSR count). The minimum atomic E-state index is -0.480. The van der Waals surface area contributed by atoms with Crippen LogP contribution in [0.1, 0.15) is 21.3 Å². The second-order valence-corrected chi connectivity index (χ2v) is 5.00. The van der Waals surface area contributed by atoms with E-state index in [1.54, 1.807) is 12.3 Å². The lowest BCUT2D eigenvalue weighted by molar-refractivity contribution is 0.101. The minimum Gasteiger partial charge on any atom is -0.401 e. The highest BCUT2D eigenvalue weighted by molar-refractivity contribution is 7.09. The first kappa shape index (κ1) is 12.5. The number of hydrogen-bond donors (Lipinski definition) is 1. The van der Waals surface area contributed by atoms with Crippen molar-refractivity contribution < 1.29 is 13.7 Å². The molecular formula is C11H9N5O3S. The van der Waals surface area contributed by atoms with Gasteiger partial charge in [0.05, 0.1) is 5.01 Å². The van der Waals surface area contributed by atoms with Gasteiger partial charge in [-0.2, -0.15) is 0 Å². The Morgan fingerprint density at radius 1 is 1.35 bits per heavy atom. The molecule has 0 aliphatic rings. The van der Waals surface area contributed by atoms with E-state index < -0.39 is 5.91 Å². The average Bonchev–Trinajstić information content (AvgIpc) is 3.10. The highest BCUT2D eigenvalue weighted by atomic mass is 32.1. The third-order valence-corrected chi connectivity index (χ3v) is 3.12. The molecule has 1 N–H and O–H groups in total. The van der Waals surface area contributed by atoms with Crippen LogP contribution in [0, 0.1) is 13.8 Å². The van der Waals surface area contributed by atoms with E-state index in [4.69, 9.17) is 8.94 Å². The standard InChI is InChI=1S/C11H9N5O3S/c1-5-3-7(16-19-5)9(17)13-11-15-14-10(18-11)8-4-20-6(2)12-8/h3-4H,1-2H3,(H,13,15,17). The first-order valence-electron chi connectivity index (χ1n) is 5.62. The van der Waals surface area contributed by atoms with Crippen LogP contribution >= 0.6 is 11.3 Å². The molecule has 20 heavy (non-hydrogen) atoms. The number of nitrogens with one attached hydrogen (secondary N) is 1. The van der Waals surface area contributed by atoms with Gasteiger partial charge in [-0.15, -0.1) is 16.4 Å². The molecule has 3 heterocycles. The van der Waals surface area contributed by atoms with Crippen LogP contribution in [0.4, 0.5) is 6.01 Å². The quantitative estimate of drug-likeness (QED) is 0.786. The monoisotopic (exact) mass is 291 g/mol. The number of aromatic nitrogens is 4. The molecular weight excluding hydrogens is 282 g/mol. The maximum atomic E-state index is 11.8. The maximum Gasteiger partial charge on any atom is 0.322 e. The van der Waals surface area contributed by atoms with Gasteiger partial charge in [-0.25, -0.2) is 4.98 Å². The van der Waals surface area contributed by atoms with Gasteiger partial charge >= 0.3 is 6.01 Å². The first-order chi connectivity index (χ1) is 9.61. The van der Waals surface area contributed by atoms with Crippen molar-refractivity contribution in [1.29, 1.82) is 0 Å². The van der Waals surface area contributed by atoms with Crippen molar-refractivity contribution in [2.24, 2.45) is 0 Å². The summed E-state index contributed by atoms with van der Waals surface area (Å²) in [7, 11) is 0. The van der Waals surface area contributed by atoms with Crippen molar-refractivity contribution in [3.8, 4) is 11.6 Å². The number of carbonyl (C=O) groups is 1. The summed E-state index contributed by atoms with van der Waals surface area (Å²) in [5, 5.41) is 16.3. The molecule has 9 heteroatoms. The van der Waals surface area contributed by atoms with Crippen LogP contribution in [0.5, 0.6) is 0 Å². The molecule has 102 valence electrons. The molecule has 0 atom stereocenters. The molecule has 0 saturated carbocycles. The first-order valence-corrected chi connectivity index (χ1v) is 6.50. The predicted molar refractivity (Wildman–Crippen MR) is 69.3 cm³/mol. The van der Waals surface area contributed by atoms with E-state index in [0.717, 1.165) is 5.01 Å². The lowest BCUT2D eigenvalue weighted by Crippen LogP contribution is -2.12. The van der Waals surface area contributed by atoms with Crippen LogP contribution in [0.25, 0.3) is 11.6 Å². The third-order valence-electron chi connectivity index (χ3n) is 2.34. The van der Waals surface area contributed by atoms with Gasteiger partial charge in [0.1, 0.15) is 11.5 Å². The number of rotatable bonds is 3. The van der Waals surface area contributed by atoms with E-state index in [-0.39, 0.29) is 17.6 Å². The molecule has 0 radical (unpaired) electrons. The summed E-state index contributed by atoms with van der Waals surface area (Å²) in [5.41, 5.74) is 0.726. The molecule has 0 fully saturated rings. The summed E-state index contributed by atoms with van der Waals surface area (Å²) in [5.74, 6) is 0.312. The fourth-order valence-corrected chi connectivity index (χ4v) is 2.06. The van der Waals surface area contributed by atoms with Crippen molar-refractivity contribution in [2.45, 2.75) is 13.8 Å². The maximum absolute atomic E-state index is 11.8. The van der Waals surface area contributed by atoms with Gasteiger partial charge in [0, 0.05) is 11.4 Å². The highest BCUT2D eigenvalue weighted by Gasteiger charge is 2.16. The summed E-state index contributed by atoms with van der Waals surface area (Å²) in [6.07, 6.45) is 0. The number of amides is 1. The topological polar surface area (TPSA) is 107 Å². The average molecular weight is 291 g/mol. The summed E-state index contributed by atoms with van der Waals surface area (Å²) in [4.78, 5) is 16.0. The molecule has 0 aliphatic carbocycles. The summed E-state index contributed by atoms with van der Waals surface area (Å²) >= 11 is 1.47. The molecule has 3 aromatic heterocycles. The summed E-state index contributed by atoms with van der Waals surface area (Å²) < 4.78 is 10.1. The molecule has 0 aliphatic heterocycles. The van der Waals surface area contributed by atoms with Gasteiger partial charge < -0.3 is 8.94 Å². The van der Waals surface area contributed by atoms with Crippen LogP contribution in [0.15, 0.2) is 20.4 Å². The largest absolute Gasteiger partial charge is 0.401 e. The van der Waals surface area contributed by atoms with Crippen LogP contribution in [-0.2, 0) is 0 Å². The van der Waals surface area contributed by atoms with Gasteiger partial charge in [-0.05, 0) is 13.8 Å². The molecule has 1 amide bonds. The predicted octanol–water partition coefficient (Wildman–Crippen LogP) is 2.05. The number of aryl methyl sites for hydroxylation is 2. The van der Waals surface area contributed by atoms with Gasteiger partial charge in [-0.1, -0.05) is 10.3 Å². The zero-order chi connectivity index (χ0) is 14.1. The van der Waals surface area contributed by atoms with Crippen molar-refractivity contribution in [3.63, 3.8) is 0 Å². The molecule has 8 nitrogen and oxygen atoms in total. The lowest BCUT2D eigenvalue weighted by atomic mass is 10.3. The Kier molecular flexibility index (Phi) is 3.03. The molecule has 0 saturated heterocycles. The van der Waals surface area contributed by atoms with Crippen molar-refractivity contribution in [1.82, 2.24) is 20.3 Å². The normalized spacial score (nSPS) is 10.7. The summed E-state index contributed by atoms with van der Waals surface area (Å²) in [6, 6.07) is 1.49. The minimum absolute atomic E-state index is 0.0173. The molecule has 0 bridgehead atoms. The highest BCUT2D eigenvalue weighted by Crippen LogP contribution is 2.21. The SMILES string of the molecule is Cc1cc(C(=O)Nc2nnc(-c3csc(C)n3)o2)no1. The Bertz CT molecular complexity index is 760. The van der Waals surface area contributed by atoms with Crippen molar-refractivity contribution >= 4 is 23.3 Å². The van der Waals surface area contributed by atoms with E-state index >= 15 is 0 Å². The molecule has 0 unspecified atom stereocenters. The Morgan fingerprint density at radius 2 is 2.20 bits per heavy atom. The van der Waals surface area contributed by atoms with Gasteiger partial charge in [-0.3, -0.25) is 10.1 Å². The van der Waals surface area contributed by atoms with Crippen LogP contribution < -0.4 is 5.32 Å². The van der Waals surface area contributed by atoms with Crippen LogP contribution in [0.2, 0.25) is 0 Å². The number of thiazole rings is 1. The Hall–Kier alpha value is -2.55. The molecule has 3 aromatic rings. The fraction of sp³-hybridized carbons (Fsp3) is 0.182. The molecule has 0 spiro atoms. The zero-order valence-electron chi connectivity index (χ0n) is 10.6. The fourth-order valence-electron chi connectivity index (χ4n) is 1.47. The van der Waals surface area contributed by atoms with E-state index in [1.807, 2.05) is 6.92 Å². The van der Waals surface area contributed by atoms with Crippen molar-refractivity contribution in [3.05, 3.63) is 27.9 Å². The third kappa shape index (κ3) is 2.43. The second kappa shape index (κ2) is 4.85. The van der Waals surface area contributed by atoms with E-state index in [0.29, 0.717) is 11.5 Å². The molecule has 0 aromatic carbocycles. The number of anilines is 1. The van der Waals surface area contributed by atoms with Crippen molar-refractivity contribution in [2.75, 3.05) is 5.32 Å². The Morgan fingerprint density at radius 3 is 2.85 bits per heavy atom. The zero-order valence-corrected chi connectivity index (χ0v) is 11.4. The smallest absolute Gasteiger partial charge is 0.322 e.